The molecular formula is C10H13ClN4S2. The third-order valence-electron chi connectivity index (χ3n) is 2.38. The fourth-order valence-corrected chi connectivity index (χ4v) is 3.51. The summed E-state index contributed by atoms with van der Waals surface area (Å²) >= 11 is 9.27. The summed E-state index contributed by atoms with van der Waals surface area (Å²) in [6, 6.07) is 0. The number of hydrogen-bond donors (Lipinski definition) is 0. The summed E-state index contributed by atoms with van der Waals surface area (Å²) in [7, 11) is 1.85. The first kappa shape index (κ1) is 12.9. The number of halogens is 1. The lowest BCUT2D eigenvalue weighted by atomic mass is 10.3. The largest absolute Gasteiger partial charge is 0.257 e. The highest BCUT2D eigenvalue weighted by molar-refractivity contribution is 8.00. The first-order valence-electron chi connectivity index (χ1n) is 5.25. The van der Waals surface area contributed by atoms with Crippen molar-refractivity contribution < 1.29 is 0 Å². The maximum atomic E-state index is 6.17. The molecule has 0 saturated carbocycles. The van der Waals surface area contributed by atoms with E-state index in [0.717, 1.165) is 33.6 Å². The second kappa shape index (κ2) is 5.37. The Labute approximate surface area is 114 Å². The SMILES string of the molecule is CCc1nsc(SCc2c(C)nn(C)c2Cl)n1. The van der Waals surface area contributed by atoms with Crippen LogP contribution in [0.2, 0.25) is 5.15 Å². The topological polar surface area (TPSA) is 43.6 Å². The van der Waals surface area contributed by atoms with Crippen LogP contribution in [0.5, 0.6) is 0 Å². The van der Waals surface area contributed by atoms with E-state index in [1.807, 2.05) is 14.0 Å². The van der Waals surface area contributed by atoms with Gasteiger partial charge in [0.2, 0.25) is 0 Å². The van der Waals surface area contributed by atoms with Gasteiger partial charge in [0.1, 0.15) is 11.0 Å². The van der Waals surface area contributed by atoms with Crippen LogP contribution >= 0.6 is 34.9 Å². The maximum Gasteiger partial charge on any atom is 0.170 e. The van der Waals surface area contributed by atoms with Gasteiger partial charge in [0.05, 0.1) is 5.69 Å². The second-order valence-corrected chi connectivity index (χ2v) is 5.93. The van der Waals surface area contributed by atoms with Crippen LogP contribution < -0.4 is 0 Å². The molecule has 0 aromatic carbocycles. The van der Waals surface area contributed by atoms with Gasteiger partial charge in [-0.05, 0) is 18.5 Å². The number of aromatic nitrogens is 4. The van der Waals surface area contributed by atoms with Crippen molar-refractivity contribution in [1.82, 2.24) is 19.1 Å². The Kier molecular flexibility index (Phi) is 4.06. The van der Waals surface area contributed by atoms with Crippen LogP contribution in [0.1, 0.15) is 24.0 Å². The summed E-state index contributed by atoms with van der Waals surface area (Å²) in [4.78, 5) is 4.41. The van der Waals surface area contributed by atoms with E-state index in [1.165, 1.54) is 11.5 Å². The maximum absolute atomic E-state index is 6.17. The Hall–Kier alpha value is -0.590. The predicted molar refractivity (Wildman–Crippen MR) is 71.8 cm³/mol. The van der Waals surface area contributed by atoms with Gasteiger partial charge in [-0.2, -0.15) is 9.47 Å². The number of aryl methyl sites for hydroxylation is 3. The van der Waals surface area contributed by atoms with Gasteiger partial charge in [-0.1, -0.05) is 30.3 Å². The molecule has 0 spiro atoms. The molecule has 0 aliphatic heterocycles. The van der Waals surface area contributed by atoms with Crippen molar-refractivity contribution in [2.75, 3.05) is 0 Å². The van der Waals surface area contributed by atoms with Crippen LogP contribution in [0, 0.1) is 6.92 Å². The van der Waals surface area contributed by atoms with Crippen molar-refractivity contribution in [3.05, 3.63) is 22.2 Å². The Morgan fingerprint density at radius 2 is 2.24 bits per heavy atom. The molecule has 0 bridgehead atoms. The second-order valence-electron chi connectivity index (χ2n) is 3.60. The van der Waals surface area contributed by atoms with E-state index >= 15 is 0 Å². The van der Waals surface area contributed by atoms with Crippen molar-refractivity contribution in [1.29, 1.82) is 0 Å². The predicted octanol–water partition coefficient (Wildman–Crippen LogP) is 3.09. The van der Waals surface area contributed by atoms with Crippen molar-refractivity contribution in [3.8, 4) is 0 Å². The fraction of sp³-hybridized carbons (Fsp3) is 0.500. The van der Waals surface area contributed by atoms with E-state index in [2.05, 4.69) is 21.4 Å². The van der Waals surface area contributed by atoms with E-state index < -0.39 is 0 Å². The molecule has 2 aromatic heterocycles. The molecule has 0 amide bonds. The van der Waals surface area contributed by atoms with E-state index in [4.69, 9.17) is 11.6 Å². The number of nitrogens with zero attached hydrogens (tertiary/aromatic N) is 4. The lowest BCUT2D eigenvalue weighted by molar-refractivity contribution is 0.757. The molecule has 0 aliphatic carbocycles. The standard InChI is InChI=1S/C10H13ClN4S2/c1-4-8-12-10(17-14-8)16-5-7-6(2)13-15(3)9(7)11/h4-5H2,1-3H3. The normalized spacial score (nSPS) is 11.1. The lowest BCUT2D eigenvalue weighted by Gasteiger charge is -1.97. The van der Waals surface area contributed by atoms with Crippen LogP contribution in [0.25, 0.3) is 0 Å². The Morgan fingerprint density at radius 3 is 2.76 bits per heavy atom. The van der Waals surface area contributed by atoms with E-state index in [-0.39, 0.29) is 0 Å². The molecule has 0 saturated heterocycles. The van der Waals surface area contributed by atoms with Crippen molar-refractivity contribution in [2.45, 2.75) is 30.4 Å². The molecule has 2 rings (SSSR count). The zero-order valence-corrected chi connectivity index (χ0v) is 12.3. The monoisotopic (exact) mass is 288 g/mol. The van der Waals surface area contributed by atoms with Crippen LogP contribution in [0.15, 0.2) is 4.34 Å². The molecule has 0 atom stereocenters. The summed E-state index contributed by atoms with van der Waals surface area (Å²) in [6.45, 7) is 4.03. The van der Waals surface area contributed by atoms with Gasteiger partial charge in [0.25, 0.3) is 0 Å². The Morgan fingerprint density at radius 1 is 1.47 bits per heavy atom. The summed E-state index contributed by atoms with van der Waals surface area (Å²) < 4.78 is 6.94. The molecule has 0 fully saturated rings. The van der Waals surface area contributed by atoms with E-state index in [1.54, 1.807) is 16.4 Å². The molecule has 7 heteroatoms. The van der Waals surface area contributed by atoms with E-state index in [0.29, 0.717) is 5.15 Å². The van der Waals surface area contributed by atoms with Crippen LogP contribution in [0.3, 0.4) is 0 Å². The van der Waals surface area contributed by atoms with Crippen molar-refractivity contribution in [3.63, 3.8) is 0 Å². The summed E-state index contributed by atoms with van der Waals surface area (Å²) in [5.41, 5.74) is 2.05. The lowest BCUT2D eigenvalue weighted by Crippen LogP contribution is -1.89. The van der Waals surface area contributed by atoms with Crippen LogP contribution in [-0.2, 0) is 19.2 Å². The quantitative estimate of drug-likeness (QED) is 0.811. The minimum absolute atomic E-state index is 0.704. The molecule has 0 radical (unpaired) electrons. The molecule has 0 N–H and O–H groups in total. The fourth-order valence-electron chi connectivity index (χ4n) is 1.41. The number of rotatable bonds is 4. The third-order valence-corrected chi connectivity index (χ3v) is 4.75. The summed E-state index contributed by atoms with van der Waals surface area (Å²) in [5.74, 6) is 1.70. The average Bonchev–Trinajstić information content (AvgIpc) is 2.84. The van der Waals surface area contributed by atoms with Gasteiger partial charge in [-0.25, -0.2) is 4.98 Å². The Balaban J connectivity index is 2.07. The minimum atomic E-state index is 0.704. The third kappa shape index (κ3) is 2.81. The van der Waals surface area contributed by atoms with Crippen molar-refractivity contribution in [2.24, 2.45) is 7.05 Å². The van der Waals surface area contributed by atoms with Gasteiger partial charge in [0.15, 0.2) is 4.34 Å². The summed E-state index contributed by atoms with van der Waals surface area (Å²) in [6.07, 6.45) is 0.879. The molecule has 92 valence electrons. The highest BCUT2D eigenvalue weighted by atomic mass is 35.5. The first-order valence-corrected chi connectivity index (χ1v) is 7.38. The molecular weight excluding hydrogens is 276 g/mol. The highest BCUT2D eigenvalue weighted by Gasteiger charge is 2.12. The van der Waals surface area contributed by atoms with E-state index in [9.17, 15) is 0 Å². The zero-order chi connectivity index (χ0) is 12.4. The number of hydrogen-bond acceptors (Lipinski definition) is 5. The first-order chi connectivity index (χ1) is 8.11. The molecule has 0 unspecified atom stereocenters. The average molecular weight is 289 g/mol. The molecule has 0 aliphatic rings. The molecule has 4 nitrogen and oxygen atoms in total. The van der Waals surface area contributed by atoms with Gasteiger partial charge in [-0.3, -0.25) is 4.68 Å². The van der Waals surface area contributed by atoms with Crippen LogP contribution in [-0.4, -0.2) is 19.1 Å². The smallest absolute Gasteiger partial charge is 0.170 e. The van der Waals surface area contributed by atoms with Gasteiger partial charge in [-0.15, -0.1) is 0 Å². The molecule has 2 heterocycles. The number of thioether (sulfide) groups is 1. The molecule has 17 heavy (non-hydrogen) atoms. The van der Waals surface area contributed by atoms with Gasteiger partial charge >= 0.3 is 0 Å². The molecule has 2 aromatic rings. The van der Waals surface area contributed by atoms with Gasteiger partial charge < -0.3 is 0 Å². The van der Waals surface area contributed by atoms with Crippen LogP contribution in [0.4, 0.5) is 0 Å². The summed E-state index contributed by atoms with van der Waals surface area (Å²) in [5, 5.41) is 4.99. The Bertz CT molecular complexity index is 520. The minimum Gasteiger partial charge on any atom is -0.257 e. The highest BCUT2D eigenvalue weighted by Crippen LogP contribution is 2.29. The van der Waals surface area contributed by atoms with Gasteiger partial charge in [0, 0.05) is 24.8 Å². The van der Waals surface area contributed by atoms with Crippen molar-refractivity contribution >= 4 is 34.9 Å². The zero-order valence-electron chi connectivity index (χ0n) is 9.90.